The second kappa shape index (κ2) is 9.18. The molecule has 3 aromatic carbocycles. The number of hydrogen-bond acceptors (Lipinski definition) is 4. The van der Waals surface area contributed by atoms with Crippen molar-refractivity contribution in [3.8, 4) is 11.3 Å². The maximum Gasteiger partial charge on any atom is 0.223 e. The van der Waals surface area contributed by atoms with E-state index in [2.05, 4.69) is 29.2 Å². The molecule has 1 saturated heterocycles. The molecule has 1 aromatic heterocycles. The smallest absolute Gasteiger partial charge is 0.223 e. The van der Waals surface area contributed by atoms with Crippen LogP contribution in [0.2, 0.25) is 0 Å². The van der Waals surface area contributed by atoms with Crippen molar-refractivity contribution in [3.05, 3.63) is 90.5 Å². The second-order valence-corrected chi connectivity index (χ2v) is 8.10. The van der Waals surface area contributed by atoms with E-state index in [1.807, 2.05) is 65.6 Å². The highest BCUT2D eigenvalue weighted by Gasteiger charge is 2.24. The number of anilines is 1. The molecule has 0 atom stereocenters. The van der Waals surface area contributed by atoms with Crippen molar-refractivity contribution in [2.24, 2.45) is 0 Å². The summed E-state index contributed by atoms with van der Waals surface area (Å²) in [5.41, 5.74) is 4.95. The van der Waals surface area contributed by atoms with Crippen LogP contribution in [0.3, 0.4) is 0 Å². The Morgan fingerprint density at radius 2 is 1.31 bits per heavy atom. The van der Waals surface area contributed by atoms with Crippen LogP contribution in [-0.2, 0) is 11.2 Å². The first-order valence-corrected chi connectivity index (χ1v) is 11.2. The zero-order valence-corrected chi connectivity index (χ0v) is 18.0. The topological polar surface area (TPSA) is 49.3 Å². The summed E-state index contributed by atoms with van der Waals surface area (Å²) in [5, 5.41) is 0. The van der Waals surface area contributed by atoms with Gasteiger partial charge in [-0.25, -0.2) is 9.97 Å². The third-order valence-corrected chi connectivity index (χ3v) is 6.00. The molecule has 4 aromatic rings. The molecular weight excluding hydrogens is 396 g/mol. The van der Waals surface area contributed by atoms with Crippen LogP contribution >= 0.6 is 0 Å². The van der Waals surface area contributed by atoms with E-state index in [0.717, 1.165) is 47.6 Å². The van der Waals surface area contributed by atoms with E-state index in [-0.39, 0.29) is 5.91 Å². The van der Waals surface area contributed by atoms with Crippen LogP contribution in [0.15, 0.2) is 84.9 Å². The number of rotatable bonds is 5. The van der Waals surface area contributed by atoms with Gasteiger partial charge in [-0.15, -0.1) is 0 Å². The minimum Gasteiger partial charge on any atom is -0.351 e. The summed E-state index contributed by atoms with van der Waals surface area (Å²) >= 11 is 0. The lowest BCUT2D eigenvalue weighted by atomic mass is 10.1. The van der Waals surface area contributed by atoms with Gasteiger partial charge in [0.2, 0.25) is 5.91 Å². The van der Waals surface area contributed by atoms with Gasteiger partial charge in [-0.1, -0.05) is 72.8 Å². The van der Waals surface area contributed by atoms with Gasteiger partial charge in [0.25, 0.3) is 0 Å². The van der Waals surface area contributed by atoms with E-state index in [4.69, 9.17) is 9.97 Å². The van der Waals surface area contributed by atoms with Crippen molar-refractivity contribution in [2.75, 3.05) is 31.1 Å². The van der Waals surface area contributed by atoms with Crippen molar-refractivity contribution in [2.45, 2.75) is 12.8 Å². The first kappa shape index (κ1) is 20.2. The minimum atomic E-state index is 0.224. The van der Waals surface area contributed by atoms with Gasteiger partial charge < -0.3 is 9.80 Å². The van der Waals surface area contributed by atoms with Gasteiger partial charge in [-0.2, -0.15) is 0 Å². The van der Waals surface area contributed by atoms with Crippen LogP contribution < -0.4 is 4.90 Å². The predicted molar refractivity (Wildman–Crippen MR) is 129 cm³/mol. The molecule has 0 spiro atoms. The van der Waals surface area contributed by atoms with E-state index in [1.54, 1.807) is 0 Å². The van der Waals surface area contributed by atoms with Gasteiger partial charge in [0.1, 0.15) is 5.69 Å². The van der Waals surface area contributed by atoms with Gasteiger partial charge in [0, 0.05) is 38.2 Å². The number of aryl methyl sites for hydroxylation is 1. The molecule has 0 N–H and O–H groups in total. The molecule has 0 unspecified atom stereocenters. The van der Waals surface area contributed by atoms with Crippen LogP contribution in [0, 0.1) is 0 Å². The monoisotopic (exact) mass is 422 g/mol. The predicted octanol–water partition coefficient (Wildman–Crippen LogP) is 4.58. The lowest BCUT2D eigenvalue weighted by molar-refractivity contribution is -0.131. The van der Waals surface area contributed by atoms with Crippen molar-refractivity contribution >= 4 is 22.8 Å². The SMILES string of the molecule is O=C(CCc1ccccc1)N1CCN(c2nc3ccccc3nc2-c2ccccc2)CC1. The van der Waals surface area contributed by atoms with Crippen LogP contribution in [-0.4, -0.2) is 47.0 Å². The average molecular weight is 423 g/mol. The number of piperazine rings is 1. The largest absolute Gasteiger partial charge is 0.351 e. The van der Waals surface area contributed by atoms with Crippen LogP contribution in [0.25, 0.3) is 22.3 Å². The summed E-state index contributed by atoms with van der Waals surface area (Å²) in [6, 6.07) is 28.4. The number of para-hydroxylation sites is 2. The first-order valence-electron chi connectivity index (χ1n) is 11.2. The molecule has 0 bridgehead atoms. The highest BCUT2D eigenvalue weighted by Crippen LogP contribution is 2.30. The molecule has 1 aliphatic rings. The van der Waals surface area contributed by atoms with Crippen LogP contribution in [0.5, 0.6) is 0 Å². The third-order valence-electron chi connectivity index (χ3n) is 6.00. The molecule has 160 valence electrons. The Morgan fingerprint density at radius 3 is 2.00 bits per heavy atom. The molecule has 32 heavy (non-hydrogen) atoms. The van der Waals surface area contributed by atoms with E-state index in [9.17, 15) is 4.79 Å². The number of carbonyl (C=O) groups is 1. The standard InChI is InChI=1S/C27H26N4O/c32-25(16-15-21-9-3-1-4-10-21)30-17-19-31(20-18-30)27-26(22-11-5-2-6-12-22)28-23-13-7-8-14-24(23)29-27/h1-14H,15-20H2. The summed E-state index contributed by atoms with van der Waals surface area (Å²) in [6.07, 6.45) is 1.34. The molecule has 0 radical (unpaired) electrons. The van der Waals surface area contributed by atoms with Crippen molar-refractivity contribution in [1.29, 1.82) is 0 Å². The summed E-state index contributed by atoms with van der Waals surface area (Å²) < 4.78 is 0. The molecule has 1 amide bonds. The van der Waals surface area contributed by atoms with E-state index in [1.165, 1.54) is 5.56 Å². The highest BCUT2D eigenvalue weighted by atomic mass is 16.2. The number of hydrogen-bond donors (Lipinski definition) is 0. The molecule has 2 heterocycles. The second-order valence-electron chi connectivity index (χ2n) is 8.10. The maximum atomic E-state index is 12.8. The summed E-state index contributed by atoms with van der Waals surface area (Å²) in [7, 11) is 0. The Kier molecular flexibility index (Phi) is 5.79. The molecule has 5 heteroatoms. The summed E-state index contributed by atoms with van der Waals surface area (Å²) in [4.78, 5) is 26.9. The first-order chi connectivity index (χ1) is 15.8. The quantitative estimate of drug-likeness (QED) is 0.472. The molecular formula is C27H26N4O. The molecule has 0 saturated carbocycles. The van der Waals surface area contributed by atoms with E-state index >= 15 is 0 Å². The Hall–Kier alpha value is -3.73. The lowest BCUT2D eigenvalue weighted by Gasteiger charge is -2.36. The molecule has 1 aliphatic heterocycles. The normalized spacial score (nSPS) is 14.0. The Balaban J connectivity index is 1.33. The van der Waals surface area contributed by atoms with E-state index < -0.39 is 0 Å². The highest BCUT2D eigenvalue weighted by molar-refractivity contribution is 5.84. The fraction of sp³-hybridized carbons (Fsp3) is 0.222. The van der Waals surface area contributed by atoms with Gasteiger partial charge in [0.05, 0.1) is 11.0 Å². The van der Waals surface area contributed by atoms with Gasteiger partial charge in [0.15, 0.2) is 5.82 Å². The summed E-state index contributed by atoms with van der Waals surface area (Å²) in [6.45, 7) is 2.92. The van der Waals surface area contributed by atoms with E-state index in [0.29, 0.717) is 19.5 Å². The summed E-state index contributed by atoms with van der Waals surface area (Å²) in [5.74, 6) is 1.12. The van der Waals surface area contributed by atoms with Crippen molar-refractivity contribution in [3.63, 3.8) is 0 Å². The zero-order chi connectivity index (χ0) is 21.8. The fourth-order valence-electron chi connectivity index (χ4n) is 4.22. The van der Waals surface area contributed by atoms with Crippen molar-refractivity contribution < 1.29 is 4.79 Å². The molecule has 5 nitrogen and oxygen atoms in total. The van der Waals surface area contributed by atoms with Gasteiger partial charge >= 0.3 is 0 Å². The van der Waals surface area contributed by atoms with Crippen LogP contribution in [0.4, 0.5) is 5.82 Å². The number of amides is 1. The average Bonchev–Trinajstić information content (AvgIpc) is 2.88. The molecule has 0 aliphatic carbocycles. The zero-order valence-electron chi connectivity index (χ0n) is 18.0. The lowest BCUT2D eigenvalue weighted by Crippen LogP contribution is -2.49. The Labute approximate surface area is 188 Å². The van der Waals surface area contributed by atoms with Gasteiger partial charge in [-0.05, 0) is 24.1 Å². The van der Waals surface area contributed by atoms with Crippen LogP contribution in [0.1, 0.15) is 12.0 Å². The number of nitrogens with zero attached hydrogens (tertiary/aromatic N) is 4. The Morgan fingerprint density at radius 1 is 0.719 bits per heavy atom. The van der Waals surface area contributed by atoms with Gasteiger partial charge in [-0.3, -0.25) is 4.79 Å². The third kappa shape index (κ3) is 4.33. The maximum absolute atomic E-state index is 12.8. The molecule has 1 fully saturated rings. The fourth-order valence-corrected chi connectivity index (χ4v) is 4.22. The molecule has 5 rings (SSSR count). The number of fused-ring (bicyclic) bond motifs is 1. The number of benzene rings is 3. The number of aromatic nitrogens is 2. The van der Waals surface area contributed by atoms with Crippen molar-refractivity contribution in [1.82, 2.24) is 14.9 Å². The number of carbonyl (C=O) groups excluding carboxylic acids is 1. The Bertz CT molecular complexity index is 1200. The minimum absolute atomic E-state index is 0.224.